The van der Waals surface area contributed by atoms with Gasteiger partial charge in [-0.1, -0.05) is 12.1 Å². The Balaban J connectivity index is 1.97. The molecule has 10 heteroatoms. The zero-order valence-corrected chi connectivity index (χ0v) is 13.0. The molecular formula is C16H9N7O3. The van der Waals surface area contributed by atoms with Crippen LogP contribution < -0.4 is 5.73 Å². The van der Waals surface area contributed by atoms with E-state index in [4.69, 9.17) is 15.5 Å². The van der Waals surface area contributed by atoms with E-state index in [-0.39, 0.29) is 22.8 Å². The minimum atomic E-state index is -1.15. The Kier molecular flexibility index (Phi) is 3.33. The van der Waals surface area contributed by atoms with E-state index in [2.05, 4.69) is 25.5 Å². The van der Waals surface area contributed by atoms with Crippen LogP contribution in [0.1, 0.15) is 16.1 Å². The highest BCUT2D eigenvalue weighted by Gasteiger charge is 2.19. The van der Waals surface area contributed by atoms with Crippen LogP contribution in [0.3, 0.4) is 0 Å². The summed E-state index contributed by atoms with van der Waals surface area (Å²) in [5, 5.41) is 32.5. The molecule has 10 nitrogen and oxygen atoms in total. The van der Waals surface area contributed by atoms with Crippen LogP contribution in [0.4, 0.5) is 5.82 Å². The molecule has 26 heavy (non-hydrogen) atoms. The largest absolute Gasteiger partial charge is 0.477 e. The van der Waals surface area contributed by atoms with Gasteiger partial charge in [0.25, 0.3) is 0 Å². The number of hydrogen-bond donors (Lipinski definition) is 3. The zero-order chi connectivity index (χ0) is 18.3. The Morgan fingerprint density at radius 1 is 1.23 bits per heavy atom. The van der Waals surface area contributed by atoms with Gasteiger partial charge in [0, 0.05) is 17.2 Å². The molecule has 0 aliphatic carbocycles. The van der Waals surface area contributed by atoms with Crippen molar-refractivity contribution in [1.82, 2.24) is 25.5 Å². The number of carbonyl (C=O) groups is 1. The number of aromatic amines is 1. The maximum atomic E-state index is 11.0. The number of aromatic nitrogens is 5. The molecule has 4 N–H and O–H groups in total. The third-order valence-corrected chi connectivity index (χ3v) is 3.81. The summed E-state index contributed by atoms with van der Waals surface area (Å²) in [7, 11) is 0. The Morgan fingerprint density at radius 3 is 2.81 bits per heavy atom. The molecule has 3 heterocycles. The summed E-state index contributed by atoms with van der Waals surface area (Å²) in [4.78, 5) is 15.2. The van der Waals surface area contributed by atoms with Gasteiger partial charge in [0.2, 0.25) is 0 Å². The number of hydrogen-bond acceptors (Lipinski definition) is 8. The average Bonchev–Trinajstić information content (AvgIpc) is 3.30. The van der Waals surface area contributed by atoms with Crippen LogP contribution in [0.15, 0.2) is 35.0 Å². The van der Waals surface area contributed by atoms with Gasteiger partial charge in [-0.2, -0.15) is 10.4 Å². The number of pyridine rings is 1. The molecule has 1 aromatic carbocycles. The van der Waals surface area contributed by atoms with E-state index in [1.807, 2.05) is 6.07 Å². The first kappa shape index (κ1) is 15.3. The second kappa shape index (κ2) is 5.67. The van der Waals surface area contributed by atoms with Gasteiger partial charge in [0.1, 0.15) is 39.9 Å². The number of nitrogen functional groups attached to an aromatic ring is 1. The minimum absolute atomic E-state index is 0.00617. The lowest BCUT2D eigenvalue weighted by molar-refractivity contribution is 0.0690. The molecular weight excluding hydrogens is 338 g/mol. The minimum Gasteiger partial charge on any atom is -0.477 e. The topological polar surface area (TPSA) is 168 Å². The van der Waals surface area contributed by atoms with Crippen molar-refractivity contribution in [2.24, 2.45) is 0 Å². The number of nitrogens with two attached hydrogens (primary N) is 1. The van der Waals surface area contributed by atoms with E-state index in [0.29, 0.717) is 27.9 Å². The number of benzene rings is 1. The van der Waals surface area contributed by atoms with Crippen molar-refractivity contribution in [3.63, 3.8) is 0 Å². The number of carboxylic acids is 1. The highest BCUT2D eigenvalue weighted by atomic mass is 16.6. The number of nitrogens with zero attached hydrogens (tertiary/aromatic N) is 5. The smallest absolute Gasteiger partial charge is 0.353 e. The number of aromatic carboxylic acids is 1. The normalized spacial score (nSPS) is 10.7. The lowest BCUT2D eigenvalue weighted by atomic mass is 9.98. The first-order chi connectivity index (χ1) is 12.6. The third-order valence-electron chi connectivity index (χ3n) is 3.81. The Morgan fingerprint density at radius 2 is 2.08 bits per heavy atom. The van der Waals surface area contributed by atoms with Crippen molar-refractivity contribution >= 4 is 22.8 Å². The Labute approximate surface area is 144 Å². The van der Waals surface area contributed by atoms with Crippen molar-refractivity contribution in [1.29, 1.82) is 5.26 Å². The molecule has 0 bridgehead atoms. The lowest BCUT2D eigenvalue weighted by Crippen LogP contribution is -2.00. The fraction of sp³-hybridized carbons (Fsp3) is 0. The summed E-state index contributed by atoms with van der Waals surface area (Å²) >= 11 is 0. The van der Waals surface area contributed by atoms with Crippen molar-refractivity contribution in [2.45, 2.75) is 0 Å². The van der Waals surface area contributed by atoms with Crippen LogP contribution >= 0.6 is 0 Å². The van der Waals surface area contributed by atoms with Gasteiger partial charge < -0.3 is 10.8 Å². The number of rotatable bonds is 3. The Hall–Kier alpha value is -4.26. The molecule has 0 unspecified atom stereocenters. The fourth-order valence-corrected chi connectivity index (χ4v) is 2.61. The summed E-state index contributed by atoms with van der Waals surface area (Å²) in [6.07, 6.45) is 0. The number of nitrogens with one attached hydrogen (secondary N) is 1. The number of carboxylic acid groups (broad SMARTS) is 1. The summed E-state index contributed by atoms with van der Waals surface area (Å²) < 4.78 is 4.76. The maximum Gasteiger partial charge on any atom is 0.353 e. The number of fused-ring (bicyclic) bond motifs is 1. The summed E-state index contributed by atoms with van der Waals surface area (Å²) in [5.74, 6) is -1.16. The fourth-order valence-electron chi connectivity index (χ4n) is 2.61. The molecule has 0 aliphatic heterocycles. The number of H-pyrrole nitrogens is 1. The second-order valence-electron chi connectivity index (χ2n) is 5.34. The molecule has 126 valence electrons. The van der Waals surface area contributed by atoms with Crippen molar-refractivity contribution in [2.75, 3.05) is 5.73 Å². The van der Waals surface area contributed by atoms with Crippen LogP contribution in [0, 0.1) is 11.3 Å². The first-order valence-corrected chi connectivity index (χ1v) is 7.30. The molecule has 0 saturated carbocycles. The summed E-state index contributed by atoms with van der Waals surface area (Å²) in [5.41, 5.74) is 8.67. The monoisotopic (exact) mass is 347 g/mol. The maximum absolute atomic E-state index is 11.0. The van der Waals surface area contributed by atoms with Gasteiger partial charge in [-0.3, -0.25) is 5.10 Å². The summed E-state index contributed by atoms with van der Waals surface area (Å²) in [6, 6.07) is 10.2. The van der Waals surface area contributed by atoms with Crippen molar-refractivity contribution < 1.29 is 14.5 Å². The highest BCUT2D eigenvalue weighted by molar-refractivity contribution is 5.94. The number of nitriles is 1. The van der Waals surface area contributed by atoms with Crippen LogP contribution in [0.2, 0.25) is 0 Å². The van der Waals surface area contributed by atoms with Crippen LogP contribution in [-0.2, 0) is 0 Å². The van der Waals surface area contributed by atoms with Crippen LogP contribution in [0.25, 0.3) is 33.5 Å². The molecule has 0 amide bonds. The quantitative estimate of drug-likeness (QED) is 0.500. The van der Waals surface area contributed by atoms with Crippen LogP contribution in [0.5, 0.6) is 0 Å². The Bertz CT molecular complexity index is 1200. The van der Waals surface area contributed by atoms with Gasteiger partial charge in [-0.05, 0) is 22.4 Å². The molecule has 4 rings (SSSR count). The van der Waals surface area contributed by atoms with E-state index < -0.39 is 5.97 Å². The summed E-state index contributed by atoms with van der Waals surface area (Å²) in [6.45, 7) is 0. The lowest BCUT2D eigenvalue weighted by Gasteiger charge is -2.09. The SMILES string of the molecule is N#Cc1c(-c2cccc3nonc23)cc(-c2cc(C(=O)O)[nH]n2)nc1N. The third kappa shape index (κ3) is 2.31. The molecule has 0 atom stereocenters. The molecule has 4 aromatic rings. The molecule has 0 fully saturated rings. The first-order valence-electron chi connectivity index (χ1n) is 7.30. The molecule has 0 spiro atoms. The van der Waals surface area contributed by atoms with E-state index in [9.17, 15) is 10.1 Å². The van der Waals surface area contributed by atoms with Crippen LogP contribution in [-0.4, -0.2) is 36.6 Å². The standard InChI is InChI=1S/C16H9N7O3/c17-6-9-8(7-2-1-3-10-14(7)23-26-22-10)4-11(19-15(9)18)12-5-13(16(24)25)21-20-12/h1-5H,(H2,18,19)(H,20,21)(H,24,25). The molecule has 0 radical (unpaired) electrons. The second-order valence-corrected chi connectivity index (χ2v) is 5.34. The number of anilines is 1. The van der Waals surface area contributed by atoms with Gasteiger partial charge >= 0.3 is 5.97 Å². The van der Waals surface area contributed by atoms with Crippen molar-refractivity contribution in [3.8, 4) is 28.6 Å². The van der Waals surface area contributed by atoms with Gasteiger partial charge in [0.05, 0.1) is 5.69 Å². The predicted octanol–water partition coefficient (Wildman–Crippen LogP) is 1.83. The van der Waals surface area contributed by atoms with E-state index in [1.165, 1.54) is 6.07 Å². The van der Waals surface area contributed by atoms with Gasteiger partial charge in [0.15, 0.2) is 0 Å². The molecule has 3 aromatic heterocycles. The van der Waals surface area contributed by atoms with E-state index in [1.54, 1.807) is 24.3 Å². The van der Waals surface area contributed by atoms with E-state index in [0.717, 1.165) is 0 Å². The molecule has 0 aliphatic rings. The molecule has 0 saturated heterocycles. The van der Waals surface area contributed by atoms with Gasteiger partial charge in [-0.15, -0.1) is 0 Å². The predicted molar refractivity (Wildman–Crippen MR) is 88.7 cm³/mol. The van der Waals surface area contributed by atoms with Gasteiger partial charge in [-0.25, -0.2) is 14.4 Å². The van der Waals surface area contributed by atoms with E-state index >= 15 is 0 Å². The highest BCUT2D eigenvalue weighted by Crippen LogP contribution is 2.34. The van der Waals surface area contributed by atoms with Crippen molar-refractivity contribution in [3.05, 3.63) is 41.6 Å². The zero-order valence-electron chi connectivity index (χ0n) is 13.0. The average molecular weight is 347 g/mol.